The summed E-state index contributed by atoms with van der Waals surface area (Å²) in [5.41, 5.74) is -0.268. The van der Waals surface area contributed by atoms with Crippen LogP contribution in [-0.2, 0) is 9.53 Å². The fourth-order valence-electron chi connectivity index (χ4n) is 1.81. The Hall–Kier alpha value is -2.45. The second kappa shape index (κ2) is 9.30. The Morgan fingerprint density at radius 3 is 2.46 bits per heavy atom. The van der Waals surface area contributed by atoms with Gasteiger partial charge in [-0.3, -0.25) is 4.79 Å². The Kier molecular flexibility index (Phi) is 7.73. The van der Waals surface area contributed by atoms with Crippen LogP contribution in [-0.4, -0.2) is 36.9 Å². The number of carbonyl (C=O) groups is 2. The third-order valence-electron chi connectivity index (χ3n) is 2.77. The Bertz CT molecular complexity index is 613. The molecule has 0 aromatic heterocycles. The van der Waals surface area contributed by atoms with Gasteiger partial charge in [-0.05, 0) is 39.3 Å². The van der Waals surface area contributed by atoms with Gasteiger partial charge in [0.1, 0.15) is 11.4 Å². The lowest BCUT2D eigenvalue weighted by Crippen LogP contribution is -2.33. The van der Waals surface area contributed by atoms with Crippen molar-refractivity contribution in [2.24, 2.45) is 0 Å². The van der Waals surface area contributed by atoms with Crippen LogP contribution in [0.2, 0.25) is 0 Å². The van der Waals surface area contributed by atoms with Crippen molar-refractivity contribution in [2.45, 2.75) is 45.4 Å². The zero-order valence-electron chi connectivity index (χ0n) is 14.9. The molecule has 0 radical (unpaired) electrons. The van der Waals surface area contributed by atoms with Gasteiger partial charge in [-0.15, -0.1) is 0 Å². The lowest BCUT2D eigenvalue weighted by atomic mass is 10.2. The summed E-state index contributed by atoms with van der Waals surface area (Å²) in [5.74, 6) is -0.323. The van der Waals surface area contributed by atoms with Crippen LogP contribution >= 0.6 is 0 Å². The molecule has 1 aromatic carbocycles. The van der Waals surface area contributed by atoms with Crippen LogP contribution in [0.3, 0.4) is 0 Å². The minimum absolute atomic E-state index is 0.00622. The van der Waals surface area contributed by atoms with E-state index in [0.29, 0.717) is 12.1 Å². The number of halogens is 3. The number of alkyl halides is 3. The quantitative estimate of drug-likeness (QED) is 0.709. The van der Waals surface area contributed by atoms with Crippen LogP contribution in [0.1, 0.15) is 33.6 Å². The van der Waals surface area contributed by atoms with Crippen LogP contribution in [0.4, 0.5) is 23.7 Å². The normalized spacial score (nSPS) is 11.6. The zero-order chi connectivity index (χ0) is 19.8. The molecule has 6 nitrogen and oxygen atoms in total. The van der Waals surface area contributed by atoms with Gasteiger partial charge in [0.15, 0.2) is 6.61 Å². The summed E-state index contributed by atoms with van der Waals surface area (Å²) >= 11 is 0. The number of amides is 2. The van der Waals surface area contributed by atoms with Gasteiger partial charge in [-0.1, -0.05) is 6.07 Å². The number of hydrogen-bond acceptors (Lipinski definition) is 4. The molecule has 1 rings (SSSR count). The Labute approximate surface area is 150 Å². The van der Waals surface area contributed by atoms with Crippen LogP contribution < -0.4 is 15.4 Å². The van der Waals surface area contributed by atoms with Gasteiger partial charge in [-0.2, -0.15) is 13.2 Å². The Morgan fingerprint density at radius 1 is 1.15 bits per heavy atom. The standard InChI is InChI=1S/C17H23F3N2O4/c1-16(2,3)26-15(24)21-9-5-8-14(23)22-12-6-4-7-13(10-12)25-11-17(18,19)20/h4,6-7,10H,5,8-9,11H2,1-3H3,(H,21,24)(H,22,23). The highest BCUT2D eigenvalue weighted by Gasteiger charge is 2.28. The first-order valence-electron chi connectivity index (χ1n) is 8.01. The molecular formula is C17H23F3N2O4. The number of hydrogen-bond donors (Lipinski definition) is 2. The molecule has 9 heteroatoms. The minimum Gasteiger partial charge on any atom is -0.484 e. The van der Waals surface area contributed by atoms with Crippen molar-refractivity contribution < 1.29 is 32.2 Å². The van der Waals surface area contributed by atoms with Crippen molar-refractivity contribution in [1.82, 2.24) is 5.32 Å². The molecule has 1 aromatic rings. The van der Waals surface area contributed by atoms with E-state index in [1.165, 1.54) is 24.3 Å². The maximum Gasteiger partial charge on any atom is 0.422 e. The van der Waals surface area contributed by atoms with Gasteiger partial charge in [0.2, 0.25) is 5.91 Å². The Morgan fingerprint density at radius 2 is 1.85 bits per heavy atom. The molecule has 0 saturated carbocycles. The topological polar surface area (TPSA) is 76.7 Å². The smallest absolute Gasteiger partial charge is 0.422 e. The number of rotatable bonds is 7. The monoisotopic (exact) mass is 376 g/mol. The van der Waals surface area contributed by atoms with Crippen molar-refractivity contribution >= 4 is 17.7 Å². The highest BCUT2D eigenvalue weighted by Crippen LogP contribution is 2.21. The summed E-state index contributed by atoms with van der Waals surface area (Å²) in [6.45, 7) is 4.09. The van der Waals surface area contributed by atoms with Gasteiger partial charge in [0, 0.05) is 24.7 Å². The van der Waals surface area contributed by atoms with E-state index in [0.717, 1.165) is 0 Å². The fraction of sp³-hybridized carbons (Fsp3) is 0.529. The molecule has 0 fully saturated rings. The number of benzene rings is 1. The van der Waals surface area contributed by atoms with E-state index in [9.17, 15) is 22.8 Å². The van der Waals surface area contributed by atoms with Crippen molar-refractivity contribution in [1.29, 1.82) is 0 Å². The van der Waals surface area contributed by atoms with Gasteiger partial charge in [-0.25, -0.2) is 4.79 Å². The summed E-state index contributed by atoms with van der Waals surface area (Å²) < 4.78 is 46.1. The highest BCUT2D eigenvalue weighted by atomic mass is 19.4. The van der Waals surface area contributed by atoms with Crippen molar-refractivity contribution in [3.8, 4) is 5.75 Å². The lowest BCUT2D eigenvalue weighted by Gasteiger charge is -2.19. The fourth-order valence-corrected chi connectivity index (χ4v) is 1.81. The van der Waals surface area contributed by atoms with Crippen molar-refractivity contribution in [3.05, 3.63) is 24.3 Å². The first-order chi connectivity index (χ1) is 11.9. The molecule has 2 N–H and O–H groups in total. The number of carbonyl (C=O) groups excluding carboxylic acids is 2. The minimum atomic E-state index is -4.43. The predicted octanol–water partition coefficient (Wildman–Crippen LogP) is 3.87. The average molecular weight is 376 g/mol. The zero-order valence-corrected chi connectivity index (χ0v) is 14.9. The number of ether oxygens (including phenoxy) is 2. The van der Waals surface area contributed by atoms with Crippen LogP contribution in [0.15, 0.2) is 24.3 Å². The van der Waals surface area contributed by atoms with E-state index in [1.807, 2.05) is 0 Å². The number of anilines is 1. The van der Waals surface area contributed by atoms with Crippen LogP contribution in [0.25, 0.3) is 0 Å². The Balaban J connectivity index is 2.34. The van der Waals surface area contributed by atoms with E-state index >= 15 is 0 Å². The molecule has 0 atom stereocenters. The van der Waals surface area contributed by atoms with Crippen LogP contribution in [0.5, 0.6) is 5.75 Å². The molecular weight excluding hydrogens is 353 g/mol. The van der Waals surface area contributed by atoms with Gasteiger partial charge >= 0.3 is 12.3 Å². The molecule has 0 aliphatic rings. The lowest BCUT2D eigenvalue weighted by molar-refractivity contribution is -0.153. The first-order valence-corrected chi connectivity index (χ1v) is 8.01. The third-order valence-corrected chi connectivity index (χ3v) is 2.77. The molecule has 26 heavy (non-hydrogen) atoms. The van der Waals surface area contributed by atoms with Gasteiger partial charge < -0.3 is 20.1 Å². The highest BCUT2D eigenvalue weighted by molar-refractivity contribution is 5.90. The van der Waals surface area contributed by atoms with Crippen molar-refractivity contribution in [2.75, 3.05) is 18.5 Å². The van der Waals surface area contributed by atoms with E-state index in [1.54, 1.807) is 20.8 Å². The second-order valence-corrected chi connectivity index (χ2v) is 6.51. The number of alkyl carbamates (subject to hydrolysis) is 1. The van der Waals surface area contributed by atoms with E-state index in [2.05, 4.69) is 15.4 Å². The maximum atomic E-state index is 12.1. The van der Waals surface area contributed by atoms with E-state index in [4.69, 9.17) is 4.74 Å². The third kappa shape index (κ3) is 10.4. The molecule has 0 aliphatic carbocycles. The van der Waals surface area contributed by atoms with Gasteiger partial charge in [0.05, 0.1) is 0 Å². The summed E-state index contributed by atoms with van der Waals surface area (Å²) in [7, 11) is 0. The average Bonchev–Trinajstić information content (AvgIpc) is 2.47. The largest absolute Gasteiger partial charge is 0.484 e. The second-order valence-electron chi connectivity index (χ2n) is 6.51. The summed E-state index contributed by atoms with van der Waals surface area (Å²) in [4.78, 5) is 23.3. The molecule has 0 saturated heterocycles. The SMILES string of the molecule is CC(C)(C)OC(=O)NCCCC(=O)Nc1cccc(OCC(F)(F)F)c1. The first kappa shape index (κ1) is 21.6. The molecule has 2 amide bonds. The molecule has 0 unspecified atom stereocenters. The molecule has 146 valence electrons. The predicted molar refractivity (Wildman–Crippen MR) is 90.1 cm³/mol. The number of nitrogens with one attached hydrogen (secondary N) is 2. The summed E-state index contributed by atoms with van der Waals surface area (Å²) in [5, 5.41) is 5.09. The molecule has 0 spiro atoms. The van der Waals surface area contributed by atoms with Crippen LogP contribution in [0, 0.1) is 0 Å². The maximum absolute atomic E-state index is 12.1. The molecule has 0 aliphatic heterocycles. The van der Waals surface area contributed by atoms with Crippen molar-refractivity contribution in [3.63, 3.8) is 0 Å². The molecule has 0 bridgehead atoms. The van der Waals surface area contributed by atoms with E-state index < -0.39 is 24.5 Å². The van der Waals surface area contributed by atoms with E-state index in [-0.39, 0.29) is 24.6 Å². The molecule has 0 heterocycles. The summed E-state index contributed by atoms with van der Waals surface area (Å²) in [6.07, 6.45) is -4.48. The van der Waals surface area contributed by atoms with Gasteiger partial charge in [0.25, 0.3) is 0 Å². The summed E-state index contributed by atoms with van der Waals surface area (Å²) in [6, 6.07) is 5.69.